The summed E-state index contributed by atoms with van der Waals surface area (Å²) in [5.41, 5.74) is 5.13. The second kappa shape index (κ2) is 8.71. The number of likely N-dealkylation sites (tertiary alicyclic amines) is 1. The number of hydrogen-bond donors (Lipinski definition) is 1. The number of nitrogens with one attached hydrogen (secondary N) is 1. The lowest BCUT2D eigenvalue weighted by Gasteiger charge is -2.32. The first-order valence-corrected chi connectivity index (χ1v) is 10.6. The summed E-state index contributed by atoms with van der Waals surface area (Å²) in [6.45, 7) is 7.13. The molecule has 1 aromatic heterocycles. The first-order chi connectivity index (χ1) is 14.9. The van der Waals surface area contributed by atoms with Crippen molar-refractivity contribution in [2.45, 2.75) is 39.7 Å². The van der Waals surface area contributed by atoms with E-state index in [9.17, 15) is 9.59 Å². The Morgan fingerprint density at radius 2 is 1.68 bits per heavy atom. The van der Waals surface area contributed by atoms with Gasteiger partial charge in [0.05, 0.1) is 11.9 Å². The molecular weight excluding hydrogens is 390 g/mol. The fraction of sp³-hybridized carbons (Fsp3) is 0.333. The molecule has 160 valence electrons. The predicted octanol–water partition coefficient (Wildman–Crippen LogP) is 3.23. The molecule has 0 aliphatic carbocycles. The standard InChI is InChI=1S/C24H27N5O2/c1-16-12-17(2)14-19(13-16)23(30)25-20-8-10-28(11-9-20)24(31)21-15-29(27-26-21)22-7-5-4-6-18(22)3/h4-7,12-15,20H,8-11H2,1-3H3,(H,25,30). The summed E-state index contributed by atoms with van der Waals surface area (Å²) in [6, 6.07) is 13.7. The molecule has 0 bridgehead atoms. The fourth-order valence-electron chi connectivity index (χ4n) is 4.06. The summed E-state index contributed by atoms with van der Waals surface area (Å²) >= 11 is 0. The van der Waals surface area contributed by atoms with Crippen molar-refractivity contribution in [3.8, 4) is 5.69 Å². The molecule has 1 aliphatic heterocycles. The molecule has 31 heavy (non-hydrogen) atoms. The average molecular weight is 418 g/mol. The van der Waals surface area contributed by atoms with Gasteiger partial charge < -0.3 is 10.2 Å². The third kappa shape index (κ3) is 4.66. The molecule has 0 atom stereocenters. The number of para-hydroxylation sites is 1. The van der Waals surface area contributed by atoms with Crippen LogP contribution in [-0.2, 0) is 0 Å². The van der Waals surface area contributed by atoms with Gasteiger partial charge in [-0.1, -0.05) is 40.6 Å². The van der Waals surface area contributed by atoms with E-state index in [-0.39, 0.29) is 17.9 Å². The summed E-state index contributed by atoms with van der Waals surface area (Å²) in [5, 5.41) is 11.3. The summed E-state index contributed by atoms with van der Waals surface area (Å²) in [5.74, 6) is -0.184. The third-order valence-electron chi connectivity index (χ3n) is 5.68. The van der Waals surface area contributed by atoms with Gasteiger partial charge in [-0.15, -0.1) is 5.10 Å². The van der Waals surface area contributed by atoms with Gasteiger partial charge in [-0.05, 0) is 57.4 Å². The molecule has 0 spiro atoms. The van der Waals surface area contributed by atoms with Gasteiger partial charge >= 0.3 is 0 Å². The molecule has 2 aromatic carbocycles. The Morgan fingerprint density at radius 1 is 1.00 bits per heavy atom. The van der Waals surface area contributed by atoms with E-state index in [1.54, 1.807) is 15.8 Å². The number of rotatable bonds is 4. The zero-order valence-corrected chi connectivity index (χ0v) is 18.1. The Kier molecular flexibility index (Phi) is 5.84. The number of carbonyl (C=O) groups excluding carboxylic acids is 2. The number of amides is 2. The molecular formula is C24H27N5O2. The lowest BCUT2D eigenvalue weighted by atomic mass is 10.0. The van der Waals surface area contributed by atoms with Crippen LogP contribution < -0.4 is 5.32 Å². The zero-order chi connectivity index (χ0) is 22.0. The Hall–Kier alpha value is -3.48. The number of benzene rings is 2. The maximum Gasteiger partial charge on any atom is 0.276 e. The van der Waals surface area contributed by atoms with Crippen molar-refractivity contribution in [3.63, 3.8) is 0 Å². The summed E-state index contributed by atoms with van der Waals surface area (Å²) in [7, 11) is 0. The largest absolute Gasteiger partial charge is 0.349 e. The molecule has 0 radical (unpaired) electrons. The van der Waals surface area contributed by atoms with E-state index < -0.39 is 0 Å². The van der Waals surface area contributed by atoms with Crippen LogP contribution in [0, 0.1) is 20.8 Å². The molecule has 7 nitrogen and oxygen atoms in total. The molecule has 1 saturated heterocycles. The van der Waals surface area contributed by atoms with E-state index in [1.807, 2.05) is 57.2 Å². The lowest BCUT2D eigenvalue weighted by molar-refractivity contribution is 0.0692. The molecule has 2 heterocycles. The topological polar surface area (TPSA) is 80.1 Å². The van der Waals surface area contributed by atoms with Crippen LogP contribution in [0.3, 0.4) is 0 Å². The van der Waals surface area contributed by atoms with E-state index in [2.05, 4.69) is 21.7 Å². The van der Waals surface area contributed by atoms with Crippen molar-refractivity contribution < 1.29 is 9.59 Å². The maximum absolute atomic E-state index is 12.9. The first-order valence-electron chi connectivity index (χ1n) is 10.6. The zero-order valence-electron chi connectivity index (χ0n) is 18.1. The smallest absolute Gasteiger partial charge is 0.276 e. The molecule has 3 aromatic rings. The van der Waals surface area contributed by atoms with Gasteiger partial charge in [0, 0.05) is 24.7 Å². The van der Waals surface area contributed by atoms with Gasteiger partial charge in [0.25, 0.3) is 11.8 Å². The van der Waals surface area contributed by atoms with E-state index in [4.69, 9.17) is 0 Å². The number of carbonyl (C=O) groups is 2. The van der Waals surface area contributed by atoms with Crippen molar-refractivity contribution in [2.75, 3.05) is 13.1 Å². The van der Waals surface area contributed by atoms with Gasteiger partial charge in [0.2, 0.25) is 0 Å². The van der Waals surface area contributed by atoms with E-state index in [1.165, 1.54) is 0 Å². The Balaban J connectivity index is 1.35. The highest BCUT2D eigenvalue weighted by Gasteiger charge is 2.26. The van der Waals surface area contributed by atoms with Crippen molar-refractivity contribution in [2.24, 2.45) is 0 Å². The molecule has 7 heteroatoms. The van der Waals surface area contributed by atoms with Crippen LogP contribution in [0.15, 0.2) is 48.7 Å². The molecule has 1 N–H and O–H groups in total. The Labute approximate surface area is 182 Å². The highest BCUT2D eigenvalue weighted by molar-refractivity contribution is 5.95. The second-order valence-electron chi connectivity index (χ2n) is 8.25. The van der Waals surface area contributed by atoms with Crippen molar-refractivity contribution in [1.29, 1.82) is 0 Å². The molecule has 0 saturated carbocycles. The highest BCUT2D eigenvalue weighted by atomic mass is 16.2. The maximum atomic E-state index is 12.9. The minimum atomic E-state index is -0.126. The predicted molar refractivity (Wildman–Crippen MR) is 118 cm³/mol. The monoisotopic (exact) mass is 417 g/mol. The van der Waals surface area contributed by atoms with Crippen molar-refractivity contribution in [1.82, 2.24) is 25.2 Å². The van der Waals surface area contributed by atoms with Crippen LogP contribution in [0.2, 0.25) is 0 Å². The minimum absolute atomic E-state index is 0.0556. The van der Waals surface area contributed by atoms with Crippen LogP contribution in [0.5, 0.6) is 0 Å². The Bertz CT molecular complexity index is 1090. The van der Waals surface area contributed by atoms with Crippen LogP contribution in [0.25, 0.3) is 5.69 Å². The van der Waals surface area contributed by atoms with Crippen LogP contribution >= 0.6 is 0 Å². The van der Waals surface area contributed by atoms with Gasteiger partial charge in [0.1, 0.15) is 0 Å². The summed E-state index contributed by atoms with van der Waals surface area (Å²) in [6.07, 6.45) is 3.11. The van der Waals surface area contributed by atoms with Gasteiger partial charge in [-0.25, -0.2) is 4.68 Å². The minimum Gasteiger partial charge on any atom is -0.349 e. The molecule has 0 unspecified atom stereocenters. The van der Waals surface area contributed by atoms with E-state index >= 15 is 0 Å². The second-order valence-corrected chi connectivity index (χ2v) is 8.25. The number of nitrogens with zero attached hydrogens (tertiary/aromatic N) is 4. The number of aromatic nitrogens is 3. The molecule has 1 fully saturated rings. The van der Waals surface area contributed by atoms with Gasteiger partial charge in [-0.3, -0.25) is 9.59 Å². The van der Waals surface area contributed by atoms with Crippen molar-refractivity contribution in [3.05, 3.63) is 76.6 Å². The average Bonchev–Trinajstić information content (AvgIpc) is 3.23. The first kappa shape index (κ1) is 20.8. The summed E-state index contributed by atoms with van der Waals surface area (Å²) in [4.78, 5) is 27.3. The highest BCUT2D eigenvalue weighted by Crippen LogP contribution is 2.17. The fourth-order valence-corrected chi connectivity index (χ4v) is 4.06. The SMILES string of the molecule is Cc1cc(C)cc(C(=O)NC2CCN(C(=O)c3cn(-c4ccccc4C)nn3)CC2)c1. The number of aryl methyl sites for hydroxylation is 3. The van der Waals surface area contributed by atoms with E-state index in [0.717, 1.165) is 22.4 Å². The Morgan fingerprint density at radius 3 is 2.35 bits per heavy atom. The van der Waals surface area contributed by atoms with Crippen LogP contribution in [-0.4, -0.2) is 50.8 Å². The lowest BCUT2D eigenvalue weighted by Crippen LogP contribution is -2.46. The number of hydrogen-bond acceptors (Lipinski definition) is 4. The molecule has 1 aliphatic rings. The molecule has 4 rings (SSSR count). The summed E-state index contributed by atoms with van der Waals surface area (Å²) < 4.78 is 1.64. The normalized spacial score (nSPS) is 14.5. The molecule has 2 amide bonds. The van der Waals surface area contributed by atoms with Crippen molar-refractivity contribution >= 4 is 11.8 Å². The van der Waals surface area contributed by atoms with Crippen LogP contribution in [0.4, 0.5) is 0 Å². The van der Waals surface area contributed by atoms with Gasteiger partial charge in [-0.2, -0.15) is 0 Å². The quantitative estimate of drug-likeness (QED) is 0.707. The van der Waals surface area contributed by atoms with Crippen LogP contribution in [0.1, 0.15) is 50.4 Å². The van der Waals surface area contributed by atoms with E-state index in [0.29, 0.717) is 37.2 Å². The number of piperidine rings is 1. The third-order valence-corrected chi connectivity index (χ3v) is 5.68. The van der Waals surface area contributed by atoms with Gasteiger partial charge in [0.15, 0.2) is 5.69 Å².